The molecule has 4 saturated heterocycles. The lowest BCUT2D eigenvalue weighted by Crippen LogP contribution is -2.45. The maximum atomic E-state index is 10.4. The second-order valence-corrected chi connectivity index (χ2v) is 8.90. The monoisotopic (exact) mass is 387 g/mol. The molecule has 6 atom stereocenters. The van der Waals surface area contributed by atoms with Crippen molar-refractivity contribution in [3.05, 3.63) is 0 Å². The van der Waals surface area contributed by atoms with Crippen LogP contribution in [0.2, 0.25) is 0 Å². The zero-order chi connectivity index (χ0) is 19.2. The highest BCUT2D eigenvalue weighted by Crippen LogP contribution is 2.41. The van der Waals surface area contributed by atoms with Crippen LogP contribution in [0.15, 0.2) is 0 Å². The van der Waals surface area contributed by atoms with Crippen molar-refractivity contribution in [1.29, 1.82) is 0 Å². The Labute approximate surface area is 161 Å². The van der Waals surface area contributed by atoms with E-state index >= 15 is 0 Å². The minimum atomic E-state index is -0.720. The van der Waals surface area contributed by atoms with Gasteiger partial charge >= 0.3 is 0 Å². The van der Waals surface area contributed by atoms with Gasteiger partial charge in [0.25, 0.3) is 0 Å². The highest BCUT2D eigenvalue weighted by atomic mass is 16.8. The third-order valence-corrected chi connectivity index (χ3v) is 5.57. The average molecular weight is 387 g/mol. The molecule has 156 valence electrons. The van der Waals surface area contributed by atoms with Gasteiger partial charge < -0.3 is 38.4 Å². The molecule has 4 rings (SSSR count). The van der Waals surface area contributed by atoms with Gasteiger partial charge in [-0.2, -0.15) is 0 Å². The minimum absolute atomic E-state index is 0.227. The molecule has 0 aromatic heterocycles. The van der Waals surface area contributed by atoms with E-state index in [9.17, 15) is 5.11 Å². The lowest BCUT2D eigenvalue weighted by Gasteiger charge is -2.30. The molecule has 4 fully saturated rings. The van der Waals surface area contributed by atoms with Crippen molar-refractivity contribution in [3.63, 3.8) is 0 Å². The number of fused-ring (bicyclic) bond motifs is 1. The van der Waals surface area contributed by atoms with Gasteiger partial charge in [-0.25, -0.2) is 0 Å². The van der Waals surface area contributed by atoms with E-state index < -0.39 is 24.0 Å². The van der Waals surface area contributed by atoms with Crippen molar-refractivity contribution in [2.45, 2.75) is 88.9 Å². The van der Waals surface area contributed by atoms with E-state index in [1.54, 1.807) is 0 Å². The maximum absolute atomic E-state index is 10.4. The molecule has 0 amide bonds. The molecule has 8 heteroatoms. The van der Waals surface area contributed by atoms with E-state index in [-0.39, 0.29) is 31.0 Å². The van der Waals surface area contributed by atoms with Gasteiger partial charge in [0.15, 0.2) is 17.9 Å². The highest BCUT2D eigenvalue weighted by molar-refractivity contribution is 4.99. The fourth-order valence-electron chi connectivity index (χ4n) is 4.41. The van der Waals surface area contributed by atoms with Crippen LogP contribution >= 0.6 is 0 Å². The number of likely N-dealkylation sites (tertiary alicyclic amines) is 1. The second-order valence-electron chi connectivity index (χ2n) is 8.90. The third-order valence-electron chi connectivity index (χ3n) is 5.57. The van der Waals surface area contributed by atoms with E-state index in [1.807, 2.05) is 27.7 Å². The van der Waals surface area contributed by atoms with Crippen LogP contribution < -0.4 is 0 Å². The van der Waals surface area contributed by atoms with Gasteiger partial charge in [-0.15, -0.1) is 0 Å². The largest absolute Gasteiger partial charge is 0.389 e. The lowest BCUT2D eigenvalue weighted by molar-refractivity contribution is -0.237. The number of aliphatic hydroxyl groups is 1. The summed E-state index contributed by atoms with van der Waals surface area (Å²) in [5.74, 6) is -1.37. The van der Waals surface area contributed by atoms with Gasteiger partial charge in [0.05, 0.1) is 19.3 Å². The molecular weight excluding hydrogens is 354 g/mol. The molecule has 27 heavy (non-hydrogen) atoms. The summed E-state index contributed by atoms with van der Waals surface area (Å²) >= 11 is 0. The predicted octanol–water partition coefficient (Wildman–Crippen LogP) is 0.856. The third kappa shape index (κ3) is 4.48. The first-order valence-corrected chi connectivity index (χ1v) is 10.1. The number of rotatable bonds is 6. The van der Waals surface area contributed by atoms with Crippen molar-refractivity contribution < 1.29 is 33.5 Å². The fourth-order valence-corrected chi connectivity index (χ4v) is 4.41. The smallest absolute Gasteiger partial charge is 0.190 e. The summed E-state index contributed by atoms with van der Waals surface area (Å²) in [7, 11) is 0. The van der Waals surface area contributed by atoms with Gasteiger partial charge in [-0.1, -0.05) is 0 Å². The summed E-state index contributed by atoms with van der Waals surface area (Å²) in [6.45, 7) is 10.9. The molecule has 4 aliphatic rings. The quantitative estimate of drug-likeness (QED) is 0.719. The highest BCUT2D eigenvalue weighted by Gasteiger charge is 2.59. The Morgan fingerprint density at radius 2 is 1.78 bits per heavy atom. The molecule has 0 radical (unpaired) electrons. The first-order chi connectivity index (χ1) is 12.7. The predicted molar refractivity (Wildman–Crippen MR) is 95.0 cm³/mol. The lowest BCUT2D eigenvalue weighted by atomic mass is 10.1. The number of hydrogen-bond donors (Lipinski definition) is 1. The Morgan fingerprint density at radius 1 is 1.04 bits per heavy atom. The van der Waals surface area contributed by atoms with Crippen molar-refractivity contribution in [3.8, 4) is 0 Å². The number of ether oxygens (including phenoxy) is 6. The van der Waals surface area contributed by atoms with Crippen LogP contribution in [0.1, 0.15) is 40.5 Å². The Kier molecular flexibility index (Phi) is 5.55. The van der Waals surface area contributed by atoms with Gasteiger partial charge in [-0.3, -0.25) is 0 Å². The summed E-state index contributed by atoms with van der Waals surface area (Å²) < 4.78 is 35.8. The minimum Gasteiger partial charge on any atom is -0.389 e. The Balaban J connectivity index is 1.39. The van der Waals surface area contributed by atoms with Crippen LogP contribution in [-0.4, -0.2) is 91.2 Å². The van der Waals surface area contributed by atoms with Crippen LogP contribution in [0.3, 0.4) is 0 Å². The summed E-state index contributed by atoms with van der Waals surface area (Å²) in [5.41, 5.74) is 0. The van der Waals surface area contributed by atoms with Crippen LogP contribution in [0.25, 0.3) is 0 Å². The normalized spacial score (nSPS) is 41.9. The van der Waals surface area contributed by atoms with E-state index in [4.69, 9.17) is 28.4 Å². The molecule has 1 N–H and O–H groups in total. The fraction of sp³-hybridized carbons (Fsp3) is 1.00. The molecule has 0 aliphatic carbocycles. The molecule has 4 aliphatic heterocycles. The van der Waals surface area contributed by atoms with E-state index in [1.165, 1.54) is 12.8 Å². The summed E-state index contributed by atoms with van der Waals surface area (Å²) in [6.07, 6.45) is -0.00812. The van der Waals surface area contributed by atoms with Crippen molar-refractivity contribution in [1.82, 2.24) is 4.90 Å². The van der Waals surface area contributed by atoms with Crippen LogP contribution in [0.4, 0.5) is 0 Å². The van der Waals surface area contributed by atoms with Crippen molar-refractivity contribution in [2.75, 3.05) is 32.8 Å². The first-order valence-electron chi connectivity index (χ1n) is 10.1. The topological polar surface area (TPSA) is 78.9 Å². The second kappa shape index (κ2) is 7.50. The molecule has 0 spiro atoms. The molecule has 1 unspecified atom stereocenters. The van der Waals surface area contributed by atoms with E-state index in [2.05, 4.69) is 4.90 Å². The SMILES string of the molecule is CC1(C)O[C@H]2O[C@H]([C@H]3COC(C)(C)O3)[C@H](OCC(O)CN3CCCC3)[C@H]2O1. The molecule has 0 saturated carbocycles. The first kappa shape index (κ1) is 20.0. The summed E-state index contributed by atoms with van der Waals surface area (Å²) in [5, 5.41) is 10.4. The summed E-state index contributed by atoms with van der Waals surface area (Å²) in [6, 6.07) is 0. The number of nitrogens with zero attached hydrogens (tertiary/aromatic N) is 1. The summed E-state index contributed by atoms with van der Waals surface area (Å²) in [4.78, 5) is 2.27. The number of hydrogen-bond acceptors (Lipinski definition) is 8. The van der Waals surface area contributed by atoms with E-state index in [0.717, 1.165) is 13.1 Å². The van der Waals surface area contributed by atoms with Crippen LogP contribution in [-0.2, 0) is 28.4 Å². The van der Waals surface area contributed by atoms with Gasteiger partial charge in [-0.05, 0) is 53.6 Å². The number of β-amino-alcohol motifs (C(OH)–C–C–N with tert-alkyl or cyclic N) is 1. The maximum Gasteiger partial charge on any atom is 0.190 e. The average Bonchev–Trinajstić information content (AvgIpc) is 3.30. The van der Waals surface area contributed by atoms with Crippen molar-refractivity contribution in [2.24, 2.45) is 0 Å². The zero-order valence-corrected chi connectivity index (χ0v) is 16.8. The van der Waals surface area contributed by atoms with Gasteiger partial charge in [0, 0.05) is 6.54 Å². The number of aliphatic hydroxyl groups excluding tert-OH is 1. The van der Waals surface area contributed by atoms with Crippen LogP contribution in [0, 0.1) is 0 Å². The molecule has 0 aromatic carbocycles. The Morgan fingerprint density at radius 3 is 2.44 bits per heavy atom. The molecule has 8 nitrogen and oxygen atoms in total. The van der Waals surface area contributed by atoms with Gasteiger partial charge in [0.1, 0.15) is 24.4 Å². The van der Waals surface area contributed by atoms with E-state index in [0.29, 0.717) is 13.2 Å². The molecule has 0 aromatic rings. The Hall–Kier alpha value is -0.320. The zero-order valence-electron chi connectivity index (χ0n) is 16.8. The molecule has 0 bridgehead atoms. The standard InChI is InChI=1S/C19H33NO7/c1-18(2)23-11-13(25-18)14-15(16-17(24-14)27-19(3,4)26-16)22-10-12(21)9-20-7-5-6-8-20/h12-17,21H,5-11H2,1-4H3/t12?,13-,14-,15+,16-,17-/m1/s1. The Bertz CT molecular complexity index is 522. The van der Waals surface area contributed by atoms with Crippen LogP contribution in [0.5, 0.6) is 0 Å². The molecule has 4 heterocycles. The van der Waals surface area contributed by atoms with Crippen molar-refractivity contribution >= 4 is 0 Å². The van der Waals surface area contributed by atoms with Gasteiger partial charge in [0.2, 0.25) is 0 Å². The molecular formula is C19H33NO7.